The Bertz CT molecular complexity index is 1070. The first-order valence-electron chi connectivity index (χ1n) is 8.87. The average Bonchev–Trinajstić information content (AvgIpc) is 2.69. The van der Waals surface area contributed by atoms with E-state index in [1.54, 1.807) is 23.1 Å². The SMILES string of the molecule is Cc1c(Cl)cccc1N1CCN(C(=O)c2cc3ccccc3oc2=O)CC1. The number of rotatable bonds is 2. The number of benzene rings is 2. The van der Waals surface area contributed by atoms with Crippen molar-refractivity contribution in [2.45, 2.75) is 6.92 Å². The Kier molecular flexibility index (Phi) is 4.62. The van der Waals surface area contributed by atoms with Gasteiger partial charge in [-0.2, -0.15) is 0 Å². The fourth-order valence-corrected chi connectivity index (χ4v) is 3.64. The summed E-state index contributed by atoms with van der Waals surface area (Å²) in [5, 5.41) is 1.48. The summed E-state index contributed by atoms with van der Waals surface area (Å²) in [5.74, 6) is -0.281. The van der Waals surface area contributed by atoms with E-state index < -0.39 is 5.63 Å². The van der Waals surface area contributed by atoms with Crippen LogP contribution >= 0.6 is 11.6 Å². The van der Waals surface area contributed by atoms with Crippen LogP contribution in [-0.4, -0.2) is 37.0 Å². The van der Waals surface area contributed by atoms with Crippen molar-refractivity contribution in [2.75, 3.05) is 31.1 Å². The molecule has 1 fully saturated rings. The predicted octanol–water partition coefficient (Wildman–Crippen LogP) is 3.72. The first-order valence-corrected chi connectivity index (χ1v) is 9.24. The molecule has 1 aliphatic heterocycles. The molecule has 0 atom stereocenters. The molecule has 2 heterocycles. The lowest BCUT2D eigenvalue weighted by atomic mass is 10.1. The molecule has 0 bridgehead atoms. The van der Waals surface area contributed by atoms with E-state index in [4.69, 9.17) is 16.0 Å². The smallest absolute Gasteiger partial charge is 0.349 e. The van der Waals surface area contributed by atoms with Crippen LogP contribution in [0.15, 0.2) is 57.7 Å². The summed E-state index contributed by atoms with van der Waals surface area (Å²) in [6.45, 7) is 4.45. The molecule has 1 aromatic heterocycles. The highest BCUT2D eigenvalue weighted by Gasteiger charge is 2.25. The number of halogens is 1. The standard InChI is InChI=1S/C21H19ClN2O3/c1-14-17(22)6-4-7-18(14)23-9-11-24(12-10-23)20(25)16-13-15-5-2-3-8-19(15)27-21(16)26/h2-8,13H,9-12H2,1H3. The minimum Gasteiger partial charge on any atom is -0.422 e. The van der Waals surface area contributed by atoms with Gasteiger partial charge in [0.1, 0.15) is 11.1 Å². The number of carbonyl (C=O) groups excluding carboxylic acids is 1. The zero-order chi connectivity index (χ0) is 19.0. The van der Waals surface area contributed by atoms with E-state index in [0.29, 0.717) is 31.8 Å². The van der Waals surface area contributed by atoms with Crippen molar-refractivity contribution >= 4 is 34.2 Å². The highest BCUT2D eigenvalue weighted by atomic mass is 35.5. The topological polar surface area (TPSA) is 53.8 Å². The third-order valence-electron chi connectivity index (χ3n) is 5.02. The summed E-state index contributed by atoms with van der Waals surface area (Å²) < 4.78 is 5.30. The van der Waals surface area contributed by atoms with Crippen LogP contribution in [-0.2, 0) is 0 Å². The Balaban J connectivity index is 1.53. The Morgan fingerprint density at radius 2 is 1.78 bits per heavy atom. The number of hydrogen-bond donors (Lipinski definition) is 0. The van der Waals surface area contributed by atoms with Gasteiger partial charge in [-0.1, -0.05) is 35.9 Å². The van der Waals surface area contributed by atoms with E-state index in [1.165, 1.54) is 0 Å². The Hall–Kier alpha value is -2.79. The van der Waals surface area contributed by atoms with Gasteiger partial charge >= 0.3 is 5.63 Å². The first kappa shape index (κ1) is 17.6. The number of piperazine rings is 1. The van der Waals surface area contributed by atoms with E-state index in [1.807, 2.05) is 37.3 Å². The molecule has 4 rings (SSSR count). The second kappa shape index (κ2) is 7.08. The van der Waals surface area contributed by atoms with Crippen LogP contribution in [0.3, 0.4) is 0 Å². The maximum atomic E-state index is 12.9. The molecule has 5 nitrogen and oxygen atoms in total. The molecule has 1 saturated heterocycles. The van der Waals surface area contributed by atoms with Gasteiger partial charge in [0.05, 0.1) is 0 Å². The molecule has 0 spiro atoms. The van der Waals surface area contributed by atoms with Gasteiger partial charge in [0.25, 0.3) is 5.91 Å². The summed E-state index contributed by atoms with van der Waals surface area (Å²) in [5.41, 5.74) is 2.10. The van der Waals surface area contributed by atoms with Crippen molar-refractivity contribution in [3.8, 4) is 0 Å². The minimum absolute atomic E-state index is 0.0843. The van der Waals surface area contributed by atoms with Gasteiger partial charge in [0.2, 0.25) is 0 Å². The van der Waals surface area contributed by atoms with Gasteiger partial charge in [-0.05, 0) is 36.8 Å². The minimum atomic E-state index is -0.591. The van der Waals surface area contributed by atoms with Crippen molar-refractivity contribution in [1.29, 1.82) is 0 Å². The number of carbonyl (C=O) groups is 1. The number of fused-ring (bicyclic) bond motifs is 1. The number of anilines is 1. The van der Waals surface area contributed by atoms with E-state index >= 15 is 0 Å². The second-order valence-electron chi connectivity index (χ2n) is 6.65. The molecule has 27 heavy (non-hydrogen) atoms. The Labute approximate surface area is 161 Å². The molecule has 6 heteroatoms. The zero-order valence-electron chi connectivity index (χ0n) is 14.9. The van der Waals surface area contributed by atoms with E-state index in [2.05, 4.69) is 4.90 Å². The quantitative estimate of drug-likeness (QED) is 0.634. The van der Waals surface area contributed by atoms with Gasteiger partial charge in [-0.15, -0.1) is 0 Å². The highest BCUT2D eigenvalue weighted by Crippen LogP contribution is 2.27. The first-order chi connectivity index (χ1) is 13.0. The normalized spacial score (nSPS) is 14.6. The van der Waals surface area contributed by atoms with Crippen LogP contribution in [0, 0.1) is 6.92 Å². The Morgan fingerprint density at radius 3 is 2.56 bits per heavy atom. The molecule has 2 aromatic carbocycles. The number of nitrogens with zero attached hydrogens (tertiary/aromatic N) is 2. The van der Waals surface area contributed by atoms with E-state index in [-0.39, 0.29) is 11.5 Å². The van der Waals surface area contributed by atoms with Crippen molar-refractivity contribution in [3.63, 3.8) is 0 Å². The summed E-state index contributed by atoms with van der Waals surface area (Å²) in [6.07, 6.45) is 0. The van der Waals surface area contributed by atoms with Gasteiger partial charge in [0, 0.05) is 42.3 Å². The van der Waals surface area contributed by atoms with Gasteiger partial charge in [-0.25, -0.2) is 4.79 Å². The third-order valence-corrected chi connectivity index (χ3v) is 5.43. The molecule has 3 aromatic rings. The number of amides is 1. The third kappa shape index (κ3) is 3.30. The summed E-state index contributed by atoms with van der Waals surface area (Å²) in [7, 11) is 0. The average molecular weight is 383 g/mol. The molecule has 1 amide bonds. The maximum absolute atomic E-state index is 12.9. The lowest BCUT2D eigenvalue weighted by Gasteiger charge is -2.36. The van der Waals surface area contributed by atoms with Gasteiger partial charge < -0.3 is 14.2 Å². The Morgan fingerprint density at radius 1 is 1.04 bits per heavy atom. The van der Waals surface area contributed by atoms with Crippen molar-refractivity contribution in [1.82, 2.24) is 4.90 Å². The number of para-hydroxylation sites is 1. The molecule has 0 N–H and O–H groups in total. The second-order valence-corrected chi connectivity index (χ2v) is 7.06. The molecule has 0 radical (unpaired) electrons. The van der Waals surface area contributed by atoms with Crippen LogP contribution in [0.2, 0.25) is 5.02 Å². The predicted molar refractivity (Wildman–Crippen MR) is 107 cm³/mol. The molecular weight excluding hydrogens is 364 g/mol. The van der Waals surface area contributed by atoms with Crippen LogP contribution < -0.4 is 10.5 Å². The van der Waals surface area contributed by atoms with Crippen molar-refractivity contribution in [2.24, 2.45) is 0 Å². The van der Waals surface area contributed by atoms with Crippen LogP contribution in [0.4, 0.5) is 5.69 Å². The summed E-state index contributed by atoms with van der Waals surface area (Å²) in [6, 6.07) is 14.7. The molecule has 0 saturated carbocycles. The van der Waals surface area contributed by atoms with E-state index in [0.717, 1.165) is 21.7 Å². The molecule has 138 valence electrons. The lowest BCUT2D eigenvalue weighted by molar-refractivity contribution is 0.0742. The molecule has 0 unspecified atom stereocenters. The van der Waals surface area contributed by atoms with Crippen molar-refractivity contribution in [3.05, 3.63) is 75.1 Å². The highest BCUT2D eigenvalue weighted by molar-refractivity contribution is 6.31. The van der Waals surface area contributed by atoms with E-state index in [9.17, 15) is 9.59 Å². The molecular formula is C21H19ClN2O3. The van der Waals surface area contributed by atoms with Crippen LogP contribution in [0.1, 0.15) is 15.9 Å². The van der Waals surface area contributed by atoms with Crippen molar-refractivity contribution < 1.29 is 9.21 Å². The fraction of sp³-hybridized carbons (Fsp3) is 0.238. The molecule has 1 aliphatic rings. The maximum Gasteiger partial charge on any atom is 0.349 e. The fourth-order valence-electron chi connectivity index (χ4n) is 3.47. The number of hydrogen-bond acceptors (Lipinski definition) is 4. The lowest BCUT2D eigenvalue weighted by Crippen LogP contribution is -2.49. The molecule has 0 aliphatic carbocycles. The summed E-state index contributed by atoms with van der Waals surface area (Å²) >= 11 is 6.22. The monoisotopic (exact) mass is 382 g/mol. The largest absolute Gasteiger partial charge is 0.422 e. The zero-order valence-corrected chi connectivity index (χ0v) is 15.7. The van der Waals surface area contributed by atoms with Gasteiger partial charge in [-0.3, -0.25) is 4.79 Å². The van der Waals surface area contributed by atoms with Crippen LogP contribution in [0.25, 0.3) is 11.0 Å². The van der Waals surface area contributed by atoms with Crippen LogP contribution in [0.5, 0.6) is 0 Å². The summed E-state index contributed by atoms with van der Waals surface area (Å²) in [4.78, 5) is 29.0. The van der Waals surface area contributed by atoms with Gasteiger partial charge in [0.15, 0.2) is 0 Å².